The molecule has 4 heterocycles. The molecule has 1 aromatic carbocycles. The van der Waals surface area contributed by atoms with Crippen LogP contribution in [0.2, 0.25) is 0 Å². The Labute approximate surface area is 256 Å². The standard InChI is InChI=1S/C31H39FN10S/c1-30(2,3)43-38-31(4,24-8-10-26(32)11-9-24)25-18-35-29(36-19-25)41-14-12-40(13-15-41)28(33-5)27-16-22(21-42(27)34-6)23-17-37-39(7)20-23/h8-11,16-21,38H,6,12-15H2,1-5,7H3. The molecule has 1 unspecified atom stereocenters. The molecule has 226 valence electrons. The zero-order valence-electron chi connectivity index (χ0n) is 25.6. The van der Waals surface area contributed by atoms with Crippen molar-refractivity contribution in [2.45, 2.75) is 38.0 Å². The van der Waals surface area contributed by atoms with E-state index in [1.807, 2.05) is 50.2 Å². The highest BCUT2D eigenvalue weighted by Gasteiger charge is 2.32. The van der Waals surface area contributed by atoms with Crippen LogP contribution in [0.3, 0.4) is 0 Å². The fourth-order valence-electron chi connectivity index (χ4n) is 5.07. The maximum Gasteiger partial charge on any atom is 0.225 e. The van der Waals surface area contributed by atoms with Crippen LogP contribution in [0.15, 0.2) is 71.4 Å². The average molecular weight is 603 g/mol. The van der Waals surface area contributed by atoms with Crippen molar-refractivity contribution in [3.8, 4) is 11.1 Å². The maximum absolute atomic E-state index is 13.7. The number of nitrogens with zero attached hydrogens (tertiary/aromatic N) is 9. The van der Waals surface area contributed by atoms with Crippen LogP contribution in [-0.2, 0) is 12.6 Å². The number of hydrogen-bond donors (Lipinski definition) is 1. The van der Waals surface area contributed by atoms with Crippen molar-refractivity contribution in [1.82, 2.24) is 34.0 Å². The molecule has 12 heteroatoms. The Kier molecular flexibility index (Phi) is 8.70. The van der Waals surface area contributed by atoms with Gasteiger partial charge in [0, 0.05) is 93.2 Å². The van der Waals surface area contributed by atoms with Crippen LogP contribution in [0.5, 0.6) is 0 Å². The predicted octanol–water partition coefficient (Wildman–Crippen LogP) is 4.78. The first-order chi connectivity index (χ1) is 20.5. The summed E-state index contributed by atoms with van der Waals surface area (Å²) in [5, 5.41) is 8.50. The van der Waals surface area contributed by atoms with Gasteiger partial charge in [-0.15, -0.1) is 0 Å². The fourth-order valence-corrected chi connectivity index (χ4v) is 5.81. The molecule has 0 bridgehead atoms. The van der Waals surface area contributed by atoms with Crippen molar-refractivity contribution in [2.75, 3.05) is 38.1 Å². The van der Waals surface area contributed by atoms with Crippen molar-refractivity contribution in [3.63, 3.8) is 0 Å². The van der Waals surface area contributed by atoms with Gasteiger partial charge in [0.05, 0.1) is 11.7 Å². The van der Waals surface area contributed by atoms with Gasteiger partial charge in [-0.2, -0.15) is 10.2 Å². The molecular weight excluding hydrogens is 563 g/mol. The SMILES string of the molecule is C=Nn1cc(-c2cnn(C)c2)cc1C(=NC)N1CCN(c2ncc(C(C)(NSC(C)(C)C)c3ccc(F)cc3)cn2)CC1. The van der Waals surface area contributed by atoms with Crippen molar-refractivity contribution >= 4 is 30.4 Å². The van der Waals surface area contributed by atoms with E-state index in [9.17, 15) is 4.39 Å². The summed E-state index contributed by atoms with van der Waals surface area (Å²) in [5.74, 6) is 1.27. The molecule has 0 aliphatic carbocycles. The van der Waals surface area contributed by atoms with Gasteiger partial charge in [-0.3, -0.25) is 9.67 Å². The molecule has 1 saturated heterocycles. The number of hydrogen-bond acceptors (Lipinski definition) is 8. The number of aromatic nitrogens is 5. The summed E-state index contributed by atoms with van der Waals surface area (Å²) in [6.07, 6.45) is 9.50. The van der Waals surface area contributed by atoms with Crippen molar-refractivity contribution in [2.24, 2.45) is 17.1 Å². The van der Waals surface area contributed by atoms with E-state index >= 15 is 0 Å². The van der Waals surface area contributed by atoms with Crippen LogP contribution in [0.1, 0.15) is 44.5 Å². The van der Waals surface area contributed by atoms with E-state index in [2.05, 4.69) is 70.2 Å². The van der Waals surface area contributed by atoms with Crippen LogP contribution in [-0.4, -0.2) is 79.9 Å². The zero-order valence-corrected chi connectivity index (χ0v) is 26.4. The molecule has 0 spiro atoms. The molecular formula is C31H39FN10S. The summed E-state index contributed by atoms with van der Waals surface area (Å²) >= 11 is 1.63. The van der Waals surface area contributed by atoms with E-state index in [1.54, 1.807) is 28.4 Å². The summed E-state index contributed by atoms with van der Waals surface area (Å²) in [7, 11) is 3.70. The molecule has 3 aromatic heterocycles. The summed E-state index contributed by atoms with van der Waals surface area (Å²) < 4.78 is 20.9. The minimum atomic E-state index is -0.613. The lowest BCUT2D eigenvalue weighted by Gasteiger charge is -2.37. The molecule has 1 aliphatic rings. The fraction of sp³-hybridized carbons (Fsp3) is 0.387. The number of halogens is 1. The van der Waals surface area contributed by atoms with Crippen LogP contribution >= 0.6 is 11.9 Å². The largest absolute Gasteiger partial charge is 0.352 e. The Balaban J connectivity index is 1.31. The Morgan fingerprint density at radius 3 is 2.19 bits per heavy atom. The molecule has 1 fully saturated rings. The van der Waals surface area contributed by atoms with E-state index in [4.69, 9.17) is 9.97 Å². The van der Waals surface area contributed by atoms with Crippen molar-refractivity contribution in [3.05, 3.63) is 84.0 Å². The Hall–Kier alpha value is -4.03. The van der Waals surface area contributed by atoms with Gasteiger partial charge in [-0.25, -0.2) is 23.8 Å². The molecule has 4 aromatic rings. The number of aryl methyl sites for hydroxylation is 1. The zero-order chi connectivity index (χ0) is 30.8. The number of amidine groups is 1. The van der Waals surface area contributed by atoms with Gasteiger partial charge in [-0.1, -0.05) is 24.1 Å². The third-order valence-corrected chi connectivity index (χ3v) is 8.62. The smallest absolute Gasteiger partial charge is 0.225 e. The van der Waals surface area contributed by atoms with Gasteiger partial charge in [0.2, 0.25) is 5.95 Å². The number of aliphatic imine (C=N–C) groups is 1. The van der Waals surface area contributed by atoms with Crippen molar-refractivity contribution in [1.29, 1.82) is 0 Å². The minimum Gasteiger partial charge on any atom is -0.352 e. The monoisotopic (exact) mass is 602 g/mol. The normalized spacial score (nSPS) is 15.9. The highest BCUT2D eigenvalue weighted by molar-refractivity contribution is 7.98. The highest BCUT2D eigenvalue weighted by atomic mass is 32.2. The first-order valence-corrected chi connectivity index (χ1v) is 15.0. The number of benzene rings is 1. The molecule has 1 atom stereocenters. The molecule has 0 saturated carbocycles. The maximum atomic E-state index is 13.7. The van der Waals surface area contributed by atoms with E-state index in [0.717, 1.165) is 60.0 Å². The lowest BCUT2D eigenvalue weighted by atomic mass is 9.87. The third-order valence-electron chi connectivity index (χ3n) is 7.49. The first kappa shape index (κ1) is 30.4. The Morgan fingerprint density at radius 1 is 0.953 bits per heavy atom. The van der Waals surface area contributed by atoms with E-state index in [-0.39, 0.29) is 10.6 Å². The van der Waals surface area contributed by atoms with E-state index in [1.165, 1.54) is 12.1 Å². The van der Waals surface area contributed by atoms with Gasteiger partial charge < -0.3 is 9.80 Å². The van der Waals surface area contributed by atoms with Crippen molar-refractivity contribution < 1.29 is 4.39 Å². The number of rotatable bonds is 8. The second kappa shape index (κ2) is 12.3. The molecule has 43 heavy (non-hydrogen) atoms. The summed E-state index contributed by atoms with van der Waals surface area (Å²) in [6.45, 7) is 15.3. The topological polar surface area (TPSA) is 91.8 Å². The summed E-state index contributed by atoms with van der Waals surface area (Å²) in [4.78, 5) is 18.6. The Bertz CT molecular complexity index is 1580. The van der Waals surface area contributed by atoms with Gasteiger partial charge in [0.25, 0.3) is 0 Å². The van der Waals surface area contributed by atoms with Crippen LogP contribution in [0.4, 0.5) is 10.3 Å². The van der Waals surface area contributed by atoms with Crippen LogP contribution < -0.4 is 9.62 Å². The lowest BCUT2D eigenvalue weighted by molar-refractivity contribution is 0.381. The molecule has 1 N–H and O–H groups in total. The second-order valence-corrected chi connectivity index (χ2v) is 13.4. The highest BCUT2D eigenvalue weighted by Crippen LogP contribution is 2.34. The molecule has 0 amide bonds. The predicted molar refractivity (Wildman–Crippen MR) is 173 cm³/mol. The van der Waals surface area contributed by atoms with Gasteiger partial charge in [0.15, 0.2) is 0 Å². The van der Waals surface area contributed by atoms with Crippen LogP contribution in [0.25, 0.3) is 11.1 Å². The number of anilines is 1. The molecule has 1 aliphatic heterocycles. The van der Waals surface area contributed by atoms with Gasteiger partial charge in [-0.05, 0) is 51.5 Å². The van der Waals surface area contributed by atoms with E-state index in [0.29, 0.717) is 5.95 Å². The number of nitrogens with one attached hydrogen (secondary N) is 1. The summed E-state index contributed by atoms with van der Waals surface area (Å²) in [6, 6.07) is 8.67. The quantitative estimate of drug-likeness (QED) is 0.176. The molecule has 0 radical (unpaired) electrons. The minimum absolute atomic E-state index is 0.0217. The molecule has 10 nitrogen and oxygen atoms in total. The van der Waals surface area contributed by atoms with Crippen LogP contribution in [0, 0.1) is 5.82 Å². The third kappa shape index (κ3) is 6.65. The second-order valence-electron chi connectivity index (χ2n) is 11.7. The summed E-state index contributed by atoms with van der Waals surface area (Å²) in [5.41, 5.74) is 4.12. The molecule has 5 rings (SSSR count). The van der Waals surface area contributed by atoms with Gasteiger partial charge in [0.1, 0.15) is 17.3 Å². The Morgan fingerprint density at radius 2 is 1.63 bits per heavy atom. The van der Waals surface area contributed by atoms with Gasteiger partial charge >= 0.3 is 0 Å². The lowest BCUT2D eigenvalue weighted by Crippen LogP contribution is -2.50. The first-order valence-electron chi connectivity index (χ1n) is 14.2. The average Bonchev–Trinajstić information content (AvgIpc) is 3.63. The van der Waals surface area contributed by atoms with E-state index < -0.39 is 5.54 Å². The number of piperazine rings is 1.